The van der Waals surface area contributed by atoms with Crippen LogP contribution in [0.5, 0.6) is 0 Å². The van der Waals surface area contributed by atoms with Crippen LogP contribution >= 0.6 is 0 Å². The molecule has 0 saturated carbocycles. The summed E-state index contributed by atoms with van der Waals surface area (Å²) in [7, 11) is -2.35. The van der Waals surface area contributed by atoms with Gasteiger partial charge in [-0.2, -0.15) is 0 Å². The minimum Gasteiger partial charge on any atom is -0.361 e. The van der Waals surface area contributed by atoms with Crippen LogP contribution in [0.25, 0.3) is 0 Å². The van der Waals surface area contributed by atoms with Crippen LogP contribution in [0, 0.1) is 5.92 Å². The third-order valence-corrected chi connectivity index (χ3v) is 8.33. The van der Waals surface area contributed by atoms with Gasteiger partial charge in [0.05, 0.1) is 6.34 Å². The smallest absolute Gasteiger partial charge is 0.232 e. The molecule has 2 aliphatic heterocycles. The molecule has 2 rings (SSSR count). The SMILES string of the molecule is CC(C)C(=O)N(COCC[Si](C)(C)C)C1=C2N=NN(COCC[Si](C)(C)C)C2NC=N1. The predicted molar refractivity (Wildman–Crippen MR) is 129 cm³/mol. The fourth-order valence-electron chi connectivity index (χ4n) is 2.84. The molecule has 2 heterocycles. The number of nitrogens with zero attached hydrogens (tertiary/aromatic N) is 5. The molecule has 0 bridgehead atoms. The van der Waals surface area contributed by atoms with Crippen LogP contribution in [0.15, 0.2) is 26.8 Å². The van der Waals surface area contributed by atoms with E-state index >= 15 is 0 Å². The fraction of sp³-hybridized carbons (Fsp3) is 0.800. The van der Waals surface area contributed by atoms with Crippen LogP contribution in [0.2, 0.25) is 51.4 Å². The molecule has 0 spiro atoms. The molecular formula is C20H40N6O3Si2. The maximum absolute atomic E-state index is 12.9. The molecule has 0 aromatic heterocycles. The minimum atomic E-state index is -1.21. The third kappa shape index (κ3) is 8.13. The summed E-state index contributed by atoms with van der Waals surface area (Å²) in [4.78, 5) is 18.9. The van der Waals surface area contributed by atoms with Gasteiger partial charge in [-0.1, -0.05) is 58.4 Å². The highest BCUT2D eigenvalue weighted by molar-refractivity contribution is 6.76. The van der Waals surface area contributed by atoms with Gasteiger partial charge in [-0.3, -0.25) is 9.69 Å². The maximum Gasteiger partial charge on any atom is 0.232 e. The number of fused-ring (bicyclic) bond motifs is 1. The van der Waals surface area contributed by atoms with Crippen LogP contribution in [-0.4, -0.2) is 71.1 Å². The number of carbonyl (C=O) groups is 1. The Labute approximate surface area is 189 Å². The van der Waals surface area contributed by atoms with Crippen molar-refractivity contribution in [3.05, 3.63) is 11.5 Å². The van der Waals surface area contributed by atoms with Gasteiger partial charge >= 0.3 is 0 Å². The van der Waals surface area contributed by atoms with E-state index in [4.69, 9.17) is 9.47 Å². The minimum absolute atomic E-state index is 0.0478. The van der Waals surface area contributed by atoms with Gasteiger partial charge in [-0.15, -0.1) is 5.11 Å². The quantitative estimate of drug-likeness (QED) is 0.266. The van der Waals surface area contributed by atoms with Crippen LogP contribution in [-0.2, 0) is 14.3 Å². The van der Waals surface area contributed by atoms with E-state index in [2.05, 4.69) is 59.9 Å². The molecule has 0 saturated heterocycles. The number of amides is 1. The molecule has 1 N–H and O–H groups in total. The second-order valence-electron chi connectivity index (χ2n) is 10.8. The van der Waals surface area contributed by atoms with Crippen molar-refractivity contribution in [3.63, 3.8) is 0 Å². The summed E-state index contributed by atoms with van der Waals surface area (Å²) in [6.45, 7) is 19.5. The molecule has 0 radical (unpaired) electrons. The molecule has 11 heteroatoms. The van der Waals surface area contributed by atoms with Crippen LogP contribution in [0.4, 0.5) is 0 Å². The zero-order valence-electron chi connectivity index (χ0n) is 20.4. The summed E-state index contributed by atoms with van der Waals surface area (Å²) in [5.74, 6) is 0.258. The van der Waals surface area contributed by atoms with Gasteiger partial charge in [0, 0.05) is 35.3 Å². The molecule has 0 fully saturated rings. The highest BCUT2D eigenvalue weighted by Crippen LogP contribution is 2.28. The number of hydrogen-bond donors (Lipinski definition) is 1. The topological polar surface area (TPSA) is 91.1 Å². The largest absolute Gasteiger partial charge is 0.361 e. The zero-order chi connectivity index (χ0) is 23.2. The average Bonchev–Trinajstić information content (AvgIpc) is 3.06. The molecule has 31 heavy (non-hydrogen) atoms. The lowest BCUT2D eigenvalue weighted by Crippen LogP contribution is -2.46. The summed E-state index contributed by atoms with van der Waals surface area (Å²) in [5, 5.41) is 13.5. The number of rotatable bonds is 12. The van der Waals surface area contributed by atoms with Crippen molar-refractivity contribution >= 4 is 28.4 Å². The Bertz CT molecular complexity index is 713. The van der Waals surface area contributed by atoms with Crippen LogP contribution < -0.4 is 5.32 Å². The van der Waals surface area contributed by atoms with Crippen molar-refractivity contribution in [2.45, 2.75) is 71.4 Å². The summed E-state index contributed by atoms with van der Waals surface area (Å²) < 4.78 is 11.7. The lowest BCUT2D eigenvalue weighted by atomic mass is 10.2. The molecule has 0 aromatic rings. The van der Waals surface area contributed by atoms with Crippen molar-refractivity contribution < 1.29 is 14.3 Å². The lowest BCUT2D eigenvalue weighted by molar-refractivity contribution is -0.137. The van der Waals surface area contributed by atoms with Gasteiger partial charge in [0.1, 0.15) is 13.5 Å². The summed E-state index contributed by atoms with van der Waals surface area (Å²) in [6.07, 6.45) is 1.29. The van der Waals surface area contributed by atoms with Crippen molar-refractivity contribution in [1.29, 1.82) is 0 Å². The van der Waals surface area contributed by atoms with Gasteiger partial charge in [0.2, 0.25) is 5.91 Å². The average molecular weight is 469 g/mol. The first-order chi connectivity index (χ1) is 14.4. The van der Waals surface area contributed by atoms with E-state index < -0.39 is 16.1 Å². The Hall–Kier alpha value is -1.57. The lowest BCUT2D eigenvalue weighted by Gasteiger charge is -2.30. The Morgan fingerprint density at radius 2 is 1.74 bits per heavy atom. The van der Waals surface area contributed by atoms with Crippen LogP contribution in [0.3, 0.4) is 0 Å². The van der Waals surface area contributed by atoms with Gasteiger partial charge in [0.15, 0.2) is 17.7 Å². The van der Waals surface area contributed by atoms with E-state index in [1.54, 1.807) is 16.2 Å². The predicted octanol–water partition coefficient (Wildman–Crippen LogP) is 3.91. The number of carbonyl (C=O) groups excluding carboxylic acids is 1. The Balaban J connectivity index is 2.06. The summed E-state index contributed by atoms with van der Waals surface area (Å²) in [6, 6.07) is 2.13. The van der Waals surface area contributed by atoms with Gasteiger partial charge in [-0.05, 0) is 12.1 Å². The van der Waals surface area contributed by atoms with Crippen molar-refractivity contribution in [3.8, 4) is 0 Å². The van der Waals surface area contributed by atoms with E-state index in [0.29, 0.717) is 31.5 Å². The van der Waals surface area contributed by atoms with Gasteiger partial charge < -0.3 is 14.8 Å². The van der Waals surface area contributed by atoms with E-state index in [9.17, 15) is 4.79 Å². The first-order valence-corrected chi connectivity index (χ1v) is 18.5. The van der Waals surface area contributed by atoms with Gasteiger partial charge in [0.25, 0.3) is 0 Å². The molecule has 0 aromatic carbocycles. The molecule has 9 nitrogen and oxygen atoms in total. The molecular weight excluding hydrogens is 428 g/mol. The Morgan fingerprint density at radius 3 is 2.32 bits per heavy atom. The second-order valence-corrected chi connectivity index (χ2v) is 22.0. The van der Waals surface area contributed by atoms with Gasteiger partial charge in [-0.25, -0.2) is 10.0 Å². The van der Waals surface area contributed by atoms with Crippen molar-refractivity contribution in [2.75, 3.05) is 26.7 Å². The highest BCUT2D eigenvalue weighted by Gasteiger charge is 2.36. The summed E-state index contributed by atoms with van der Waals surface area (Å²) in [5.41, 5.74) is 0.610. The molecule has 2 aliphatic rings. The first kappa shape index (κ1) is 25.7. The number of hydrogen-bond acceptors (Lipinski definition) is 8. The Morgan fingerprint density at radius 1 is 1.13 bits per heavy atom. The second kappa shape index (κ2) is 10.8. The zero-order valence-corrected chi connectivity index (χ0v) is 22.4. The van der Waals surface area contributed by atoms with E-state index in [-0.39, 0.29) is 24.7 Å². The van der Waals surface area contributed by atoms with E-state index in [1.807, 2.05) is 13.8 Å². The molecule has 1 atom stereocenters. The molecule has 1 unspecified atom stereocenters. The standard InChI is InChI=1S/C20H40N6O3Si2/c1-16(2)20(27)25(14-28-9-11-30(3,4)5)18-17-19(22-13-21-18)26(24-23-17)15-29-10-12-31(6,7)8/h13,16,19H,9-12,14-15H2,1-8H3,(H,21,22). The van der Waals surface area contributed by atoms with Crippen molar-refractivity contribution in [1.82, 2.24) is 15.2 Å². The Kier molecular flexibility index (Phi) is 8.98. The monoisotopic (exact) mass is 468 g/mol. The number of nitrogens with one attached hydrogen (secondary N) is 1. The molecule has 0 aliphatic carbocycles. The van der Waals surface area contributed by atoms with E-state index in [0.717, 1.165) is 12.1 Å². The molecule has 176 valence electrons. The highest BCUT2D eigenvalue weighted by atomic mass is 28.3. The third-order valence-electron chi connectivity index (χ3n) is 4.93. The number of ether oxygens (including phenoxy) is 2. The van der Waals surface area contributed by atoms with Crippen molar-refractivity contribution in [2.24, 2.45) is 21.2 Å². The van der Waals surface area contributed by atoms with Crippen LogP contribution in [0.1, 0.15) is 13.8 Å². The first-order valence-electron chi connectivity index (χ1n) is 11.1. The fourth-order valence-corrected chi connectivity index (χ4v) is 4.35. The number of aliphatic imine (C=N–C) groups is 1. The normalized spacial score (nSPS) is 18.6. The maximum atomic E-state index is 12.9. The molecule has 1 amide bonds. The van der Waals surface area contributed by atoms with E-state index in [1.165, 1.54) is 0 Å². The summed E-state index contributed by atoms with van der Waals surface area (Å²) >= 11 is 0.